The normalized spacial score (nSPS) is 21.0. The van der Waals surface area contributed by atoms with Gasteiger partial charge in [0.25, 0.3) is 0 Å². The first-order valence-corrected chi connectivity index (χ1v) is 11.3. The standard InChI is InChI=1S/C23H23NO3S/c25-28(26,19-9-2-1-3-10-19)27-23-12-6-8-18-15-22-20-11-5-4-7-17(20)13-14-24(22)16-21(18)23/h1-3,6,8-10,12,15-17H,4-5,7,11,13-14H2. The molecule has 0 aromatic heterocycles. The number of hydrogen-bond acceptors (Lipinski definition) is 4. The van der Waals surface area contributed by atoms with Gasteiger partial charge in [0.05, 0.1) is 0 Å². The molecule has 1 unspecified atom stereocenters. The van der Waals surface area contributed by atoms with Crippen LogP contribution in [0.2, 0.25) is 0 Å². The number of allylic oxidation sites excluding steroid dienone is 2. The Kier molecular flexibility index (Phi) is 4.27. The van der Waals surface area contributed by atoms with Gasteiger partial charge in [-0.05, 0) is 66.7 Å². The van der Waals surface area contributed by atoms with E-state index >= 15 is 0 Å². The zero-order valence-corrected chi connectivity index (χ0v) is 16.5. The van der Waals surface area contributed by atoms with Crippen LogP contribution in [0.3, 0.4) is 0 Å². The van der Waals surface area contributed by atoms with Crippen LogP contribution in [0.5, 0.6) is 5.75 Å². The topological polar surface area (TPSA) is 46.6 Å². The van der Waals surface area contributed by atoms with Gasteiger partial charge in [-0.2, -0.15) is 8.42 Å². The van der Waals surface area contributed by atoms with Gasteiger partial charge in [0.1, 0.15) is 4.90 Å². The summed E-state index contributed by atoms with van der Waals surface area (Å²) in [4.78, 5) is 2.44. The molecule has 2 aromatic carbocycles. The van der Waals surface area contributed by atoms with Crippen molar-refractivity contribution in [2.75, 3.05) is 6.54 Å². The lowest BCUT2D eigenvalue weighted by atomic mass is 9.78. The van der Waals surface area contributed by atoms with E-state index in [1.54, 1.807) is 42.0 Å². The van der Waals surface area contributed by atoms with E-state index in [0.717, 1.165) is 17.0 Å². The summed E-state index contributed by atoms with van der Waals surface area (Å²) in [5, 5.41) is 1.85. The van der Waals surface area contributed by atoms with Gasteiger partial charge in [-0.15, -0.1) is 0 Å². The van der Waals surface area contributed by atoms with E-state index in [9.17, 15) is 8.42 Å². The third-order valence-corrected chi connectivity index (χ3v) is 7.26. The Labute approximate surface area is 165 Å². The number of benzene rings is 2. The molecule has 28 heavy (non-hydrogen) atoms. The Morgan fingerprint density at radius 1 is 0.964 bits per heavy atom. The second-order valence-corrected chi connectivity index (χ2v) is 9.26. The highest BCUT2D eigenvalue weighted by Gasteiger charge is 2.29. The molecule has 0 radical (unpaired) electrons. The summed E-state index contributed by atoms with van der Waals surface area (Å²) >= 11 is 0. The summed E-state index contributed by atoms with van der Waals surface area (Å²) in [6, 6.07) is 13.9. The third-order valence-electron chi connectivity index (χ3n) is 6.01. The van der Waals surface area contributed by atoms with Crippen LogP contribution in [-0.2, 0) is 10.1 Å². The molecule has 2 aromatic rings. The molecule has 1 saturated carbocycles. The molecule has 144 valence electrons. The van der Waals surface area contributed by atoms with E-state index in [0.29, 0.717) is 11.7 Å². The van der Waals surface area contributed by atoms with E-state index in [2.05, 4.69) is 17.2 Å². The average Bonchev–Trinajstić information content (AvgIpc) is 2.73. The van der Waals surface area contributed by atoms with E-state index in [1.807, 2.05) is 12.1 Å². The Morgan fingerprint density at radius 3 is 2.68 bits per heavy atom. The fourth-order valence-corrected chi connectivity index (χ4v) is 5.57. The molecule has 0 bridgehead atoms. The Balaban J connectivity index is 1.59. The molecule has 3 aliphatic rings. The molecule has 0 saturated heterocycles. The van der Waals surface area contributed by atoms with Gasteiger partial charge in [-0.25, -0.2) is 0 Å². The molecule has 0 spiro atoms. The van der Waals surface area contributed by atoms with Gasteiger partial charge in [0.2, 0.25) is 0 Å². The van der Waals surface area contributed by atoms with Gasteiger partial charge < -0.3 is 9.08 Å². The first-order chi connectivity index (χ1) is 13.6. The van der Waals surface area contributed by atoms with E-state index in [1.165, 1.54) is 37.8 Å². The fourth-order valence-electron chi connectivity index (χ4n) is 4.60. The van der Waals surface area contributed by atoms with Crippen LogP contribution in [0.1, 0.15) is 32.1 Å². The van der Waals surface area contributed by atoms with Gasteiger partial charge in [-0.3, -0.25) is 0 Å². The minimum atomic E-state index is -3.86. The molecular weight excluding hydrogens is 370 g/mol. The van der Waals surface area contributed by atoms with E-state index in [-0.39, 0.29) is 4.90 Å². The molecule has 0 N–H and O–H groups in total. The van der Waals surface area contributed by atoms with Crippen molar-refractivity contribution in [3.63, 3.8) is 0 Å². The summed E-state index contributed by atoms with van der Waals surface area (Å²) in [6.45, 7) is 0.971. The van der Waals surface area contributed by atoms with Crippen LogP contribution in [0.25, 0.3) is 12.3 Å². The van der Waals surface area contributed by atoms with Crippen LogP contribution >= 0.6 is 0 Å². The van der Waals surface area contributed by atoms with Crippen molar-refractivity contribution in [1.29, 1.82) is 0 Å². The van der Waals surface area contributed by atoms with Crippen molar-refractivity contribution in [3.8, 4) is 5.75 Å². The summed E-state index contributed by atoms with van der Waals surface area (Å²) < 4.78 is 30.9. The molecule has 2 heterocycles. The van der Waals surface area contributed by atoms with Crippen molar-refractivity contribution in [1.82, 2.24) is 4.90 Å². The molecule has 5 heteroatoms. The minimum Gasteiger partial charge on any atom is -0.378 e. The molecule has 5 rings (SSSR count). The van der Waals surface area contributed by atoms with Crippen molar-refractivity contribution in [2.45, 2.75) is 37.0 Å². The first-order valence-electron chi connectivity index (χ1n) is 9.94. The summed E-state index contributed by atoms with van der Waals surface area (Å²) in [5.74, 6) is 1.09. The largest absolute Gasteiger partial charge is 0.378 e. The maximum absolute atomic E-state index is 12.7. The van der Waals surface area contributed by atoms with Gasteiger partial charge in [0.15, 0.2) is 5.75 Å². The van der Waals surface area contributed by atoms with E-state index in [4.69, 9.17) is 4.18 Å². The van der Waals surface area contributed by atoms with Crippen LogP contribution in [0, 0.1) is 5.92 Å². The summed E-state index contributed by atoms with van der Waals surface area (Å²) in [7, 11) is -3.86. The molecule has 1 aliphatic carbocycles. The highest BCUT2D eigenvalue weighted by Crippen LogP contribution is 2.39. The first kappa shape index (κ1) is 17.6. The number of rotatable bonds is 3. The van der Waals surface area contributed by atoms with Crippen LogP contribution in [0.15, 0.2) is 64.7 Å². The highest BCUT2D eigenvalue weighted by atomic mass is 32.2. The van der Waals surface area contributed by atoms with Gasteiger partial charge in [-0.1, -0.05) is 36.8 Å². The molecular formula is C23H23NO3S. The predicted octanol–water partition coefficient (Wildman–Crippen LogP) is 3.14. The second kappa shape index (κ2) is 6.82. The lowest BCUT2D eigenvalue weighted by molar-refractivity contribution is 0.337. The summed E-state index contributed by atoms with van der Waals surface area (Å²) in [5.41, 5.74) is 2.88. The molecule has 4 nitrogen and oxygen atoms in total. The Bertz CT molecular complexity index is 1170. The molecule has 2 aliphatic heterocycles. The van der Waals surface area contributed by atoms with Crippen molar-refractivity contribution in [3.05, 3.63) is 70.2 Å². The molecule has 1 atom stereocenters. The maximum atomic E-state index is 12.7. The summed E-state index contributed by atoms with van der Waals surface area (Å²) in [6.07, 6.45) is 10.5. The monoisotopic (exact) mass is 393 g/mol. The third kappa shape index (κ3) is 3.04. The quantitative estimate of drug-likeness (QED) is 0.752. The predicted molar refractivity (Wildman–Crippen MR) is 109 cm³/mol. The smallest absolute Gasteiger partial charge is 0.339 e. The number of nitrogens with zero attached hydrogens (tertiary/aromatic N) is 1. The molecule has 1 fully saturated rings. The zero-order chi connectivity index (χ0) is 19.1. The van der Waals surface area contributed by atoms with Crippen LogP contribution in [0.4, 0.5) is 0 Å². The van der Waals surface area contributed by atoms with Crippen LogP contribution < -0.4 is 14.6 Å². The van der Waals surface area contributed by atoms with Crippen molar-refractivity contribution in [2.24, 2.45) is 5.92 Å². The molecule has 0 amide bonds. The second-order valence-electron chi connectivity index (χ2n) is 7.72. The number of hydrogen-bond donors (Lipinski definition) is 0. The van der Waals surface area contributed by atoms with Crippen molar-refractivity contribution >= 4 is 22.4 Å². The highest BCUT2D eigenvalue weighted by molar-refractivity contribution is 7.87. The average molecular weight is 394 g/mol. The van der Waals surface area contributed by atoms with Gasteiger partial charge in [0, 0.05) is 23.7 Å². The Morgan fingerprint density at radius 2 is 1.82 bits per heavy atom. The van der Waals surface area contributed by atoms with E-state index < -0.39 is 10.1 Å². The lowest BCUT2D eigenvalue weighted by Gasteiger charge is -2.38. The lowest BCUT2D eigenvalue weighted by Crippen LogP contribution is -2.39. The zero-order valence-electron chi connectivity index (χ0n) is 15.7. The maximum Gasteiger partial charge on any atom is 0.339 e. The SMILES string of the molecule is O=S(=O)(Oc1cccc2c1=CN1CCC3CCCCC3=C1C=2)c1ccccc1. The Hall–Kier alpha value is -2.53. The van der Waals surface area contributed by atoms with Crippen molar-refractivity contribution < 1.29 is 12.6 Å². The van der Waals surface area contributed by atoms with Gasteiger partial charge >= 0.3 is 10.1 Å². The van der Waals surface area contributed by atoms with Crippen LogP contribution in [-0.4, -0.2) is 19.9 Å². The fraction of sp³-hybridized carbons (Fsp3) is 0.304. The minimum absolute atomic E-state index is 0.165. The number of fused-ring (bicyclic) bond motifs is 3.